The lowest BCUT2D eigenvalue weighted by molar-refractivity contribution is 0.284. The third kappa shape index (κ3) is 2.05. The predicted octanol–water partition coefficient (Wildman–Crippen LogP) is 1.46. The van der Waals surface area contributed by atoms with Crippen LogP contribution in [0.1, 0.15) is 6.92 Å². The van der Waals surface area contributed by atoms with Crippen LogP contribution in [0.15, 0.2) is 35.3 Å². The molecular formula is C11H14N2O. The van der Waals surface area contributed by atoms with E-state index in [4.69, 9.17) is 4.74 Å². The highest BCUT2D eigenvalue weighted by Crippen LogP contribution is 2.11. The number of ether oxygens (including phenoxy) is 1. The molecule has 0 bridgehead atoms. The topological polar surface area (TPSA) is 33.6 Å². The fraction of sp³-hybridized carbons (Fsp3) is 0.364. The average Bonchev–Trinajstić information content (AvgIpc) is 2.72. The molecule has 0 aromatic heterocycles. The number of aliphatic imine (C=N–C) groups is 1. The van der Waals surface area contributed by atoms with Crippen molar-refractivity contribution in [2.24, 2.45) is 4.99 Å². The first-order valence-electron chi connectivity index (χ1n) is 4.86. The molecule has 0 spiro atoms. The average molecular weight is 190 g/mol. The van der Waals surface area contributed by atoms with E-state index < -0.39 is 0 Å². The van der Waals surface area contributed by atoms with Crippen LogP contribution in [0.2, 0.25) is 0 Å². The highest BCUT2D eigenvalue weighted by Gasteiger charge is 2.14. The van der Waals surface area contributed by atoms with Crippen molar-refractivity contribution in [1.29, 1.82) is 0 Å². The maximum absolute atomic E-state index is 5.70. The standard InChI is InChI=1S/C11H14N2O/c1-9(11-12-7-8-13-11)14-10-5-3-2-4-6-10/h2-6,9H,7-8H2,1H3,(H,12,13). The lowest BCUT2D eigenvalue weighted by Gasteiger charge is -2.14. The van der Waals surface area contributed by atoms with Gasteiger partial charge >= 0.3 is 0 Å². The number of benzene rings is 1. The summed E-state index contributed by atoms with van der Waals surface area (Å²) < 4.78 is 5.70. The number of rotatable bonds is 3. The Morgan fingerprint density at radius 1 is 1.36 bits per heavy atom. The van der Waals surface area contributed by atoms with Crippen molar-refractivity contribution in [1.82, 2.24) is 5.32 Å². The maximum atomic E-state index is 5.70. The second-order valence-electron chi connectivity index (χ2n) is 3.27. The summed E-state index contributed by atoms with van der Waals surface area (Å²) in [6.45, 7) is 3.79. The van der Waals surface area contributed by atoms with E-state index in [9.17, 15) is 0 Å². The Hall–Kier alpha value is -1.51. The van der Waals surface area contributed by atoms with Crippen LogP contribution >= 0.6 is 0 Å². The normalized spacial score (nSPS) is 17.1. The van der Waals surface area contributed by atoms with E-state index in [0.29, 0.717) is 0 Å². The van der Waals surface area contributed by atoms with Crippen LogP contribution < -0.4 is 10.1 Å². The van der Waals surface area contributed by atoms with Crippen LogP contribution in [0.5, 0.6) is 5.75 Å². The molecule has 1 unspecified atom stereocenters. The van der Waals surface area contributed by atoms with Gasteiger partial charge in [0.25, 0.3) is 0 Å². The van der Waals surface area contributed by atoms with E-state index in [2.05, 4.69) is 10.3 Å². The second-order valence-corrected chi connectivity index (χ2v) is 3.27. The van der Waals surface area contributed by atoms with E-state index in [1.807, 2.05) is 37.3 Å². The smallest absolute Gasteiger partial charge is 0.152 e. The molecule has 1 N–H and O–H groups in total. The molecule has 0 saturated heterocycles. The van der Waals surface area contributed by atoms with Crippen molar-refractivity contribution in [3.8, 4) is 5.75 Å². The second kappa shape index (κ2) is 4.13. The molecule has 1 aromatic carbocycles. The summed E-state index contributed by atoms with van der Waals surface area (Å²) in [5.41, 5.74) is 0. The van der Waals surface area contributed by atoms with Crippen LogP contribution in [-0.2, 0) is 0 Å². The quantitative estimate of drug-likeness (QED) is 0.782. The van der Waals surface area contributed by atoms with Gasteiger partial charge in [0.1, 0.15) is 11.6 Å². The zero-order valence-electron chi connectivity index (χ0n) is 8.23. The first kappa shape index (κ1) is 9.06. The molecule has 1 atom stereocenters. The van der Waals surface area contributed by atoms with Gasteiger partial charge in [0, 0.05) is 6.54 Å². The largest absolute Gasteiger partial charge is 0.483 e. The molecule has 0 radical (unpaired) electrons. The minimum atomic E-state index is 0.0138. The highest BCUT2D eigenvalue weighted by atomic mass is 16.5. The monoisotopic (exact) mass is 190 g/mol. The van der Waals surface area contributed by atoms with E-state index in [-0.39, 0.29) is 6.10 Å². The first-order valence-corrected chi connectivity index (χ1v) is 4.86. The number of hydrogen-bond acceptors (Lipinski definition) is 3. The molecule has 1 aliphatic heterocycles. The Labute approximate surface area is 83.8 Å². The SMILES string of the molecule is CC(Oc1ccccc1)C1=NCCN1. The molecule has 74 valence electrons. The van der Waals surface area contributed by atoms with Crippen molar-refractivity contribution in [3.05, 3.63) is 30.3 Å². The number of hydrogen-bond donors (Lipinski definition) is 1. The van der Waals surface area contributed by atoms with Gasteiger partial charge < -0.3 is 10.1 Å². The Morgan fingerprint density at radius 3 is 2.79 bits per heavy atom. The summed E-state index contributed by atoms with van der Waals surface area (Å²) in [7, 11) is 0. The molecule has 3 heteroatoms. The predicted molar refractivity (Wildman–Crippen MR) is 56.8 cm³/mol. The molecule has 1 heterocycles. The zero-order valence-corrected chi connectivity index (χ0v) is 8.23. The minimum Gasteiger partial charge on any atom is -0.483 e. The van der Waals surface area contributed by atoms with Crippen LogP contribution in [0, 0.1) is 0 Å². The number of amidine groups is 1. The molecule has 2 rings (SSSR count). The molecule has 3 nitrogen and oxygen atoms in total. The molecule has 0 fully saturated rings. The summed E-state index contributed by atoms with van der Waals surface area (Å²) in [6.07, 6.45) is 0.0138. The third-order valence-electron chi connectivity index (χ3n) is 2.14. The molecule has 14 heavy (non-hydrogen) atoms. The Balaban J connectivity index is 1.97. The fourth-order valence-electron chi connectivity index (χ4n) is 1.45. The molecule has 0 saturated carbocycles. The maximum Gasteiger partial charge on any atom is 0.152 e. The van der Waals surface area contributed by atoms with Gasteiger partial charge in [-0.25, -0.2) is 0 Å². The molecule has 0 aliphatic carbocycles. The van der Waals surface area contributed by atoms with E-state index >= 15 is 0 Å². The van der Waals surface area contributed by atoms with E-state index in [1.54, 1.807) is 0 Å². The summed E-state index contributed by atoms with van der Waals surface area (Å²) >= 11 is 0. The van der Waals surface area contributed by atoms with Gasteiger partial charge in [-0.05, 0) is 19.1 Å². The Morgan fingerprint density at radius 2 is 2.14 bits per heavy atom. The van der Waals surface area contributed by atoms with Crippen molar-refractivity contribution >= 4 is 5.84 Å². The van der Waals surface area contributed by atoms with Crippen LogP contribution in [0.4, 0.5) is 0 Å². The van der Waals surface area contributed by atoms with E-state index in [0.717, 1.165) is 24.7 Å². The van der Waals surface area contributed by atoms with Crippen molar-refractivity contribution in [3.63, 3.8) is 0 Å². The molecule has 1 aromatic rings. The Kier molecular flexibility index (Phi) is 2.68. The van der Waals surface area contributed by atoms with Gasteiger partial charge in [-0.3, -0.25) is 4.99 Å². The summed E-state index contributed by atoms with van der Waals surface area (Å²) in [4.78, 5) is 4.31. The third-order valence-corrected chi connectivity index (χ3v) is 2.14. The summed E-state index contributed by atoms with van der Waals surface area (Å²) in [5, 5.41) is 3.20. The van der Waals surface area contributed by atoms with Gasteiger partial charge in [-0.2, -0.15) is 0 Å². The van der Waals surface area contributed by atoms with Crippen LogP contribution in [0.25, 0.3) is 0 Å². The fourth-order valence-corrected chi connectivity index (χ4v) is 1.45. The van der Waals surface area contributed by atoms with Crippen LogP contribution in [-0.4, -0.2) is 25.0 Å². The van der Waals surface area contributed by atoms with Gasteiger partial charge in [0.2, 0.25) is 0 Å². The lowest BCUT2D eigenvalue weighted by Crippen LogP contribution is -2.33. The zero-order chi connectivity index (χ0) is 9.80. The van der Waals surface area contributed by atoms with Crippen molar-refractivity contribution in [2.45, 2.75) is 13.0 Å². The Bertz CT molecular complexity index is 321. The van der Waals surface area contributed by atoms with Crippen molar-refractivity contribution in [2.75, 3.05) is 13.1 Å². The molecule has 1 aliphatic rings. The van der Waals surface area contributed by atoms with Gasteiger partial charge in [0.05, 0.1) is 6.54 Å². The minimum absolute atomic E-state index is 0.0138. The van der Waals surface area contributed by atoms with Gasteiger partial charge in [-0.1, -0.05) is 18.2 Å². The number of nitrogens with zero attached hydrogens (tertiary/aromatic N) is 1. The molecular weight excluding hydrogens is 176 g/mol. The highest BCUT2D eigenvalue weighted by molar-refractivity contribution is 5.87. The number of nitrogens with one attached hydrogen (secondary N) is 1. The summed E-state index contributed by atoms with van der Waals surface area (Å²) in [5.74, 6) is 1.84. The first-order chi connectivity index (χ1) is 6.86. The van der Waals surface area contributed by atoms with Crippen molar-refractivity contribution < 1.29 is 4.74 Å². The number of para-hydroxylation sites is 1. The van der Waals surface area contributed by atoms with E-state index in [1.165, 1.54) is 0 Å². The molecule has 0 amide bonds. The van der Waals surface area contributed by atoms with Crippen LogP contribution in [0.3, 0.4) is 0 Å². The van der Waals surface area contributed by atoms with Gasteiger partial charge in [-0.15, -0.1) is 0 Å². The van der Waals surface area contributed by atoms with Gasteiger partial charge in [0.15, 0.2) is 6.10 Å². The lowest BCUT2D eigenvalue weighted by atomic mass is 10.3. The summed E-state index contributed by atoms with van der Waals surface area (Å²) in [6, 6.07) is 9.80.